The maximum atomic E-state index is 6.56. The number of nitrogens with two attached hydrogens (primary N) is 1. The summed E-state index contributed by atoms with van der Waals surface area (Å²) < 4.78 is 2.01. The van der Waals surface area contributed by atoms with Crippen molar-refractivity contribution in [3.8, 4) is 0 Å². The Morgan fingerprint density at radius 2 is 2.15 bits per heavy atom. The van der Waals surface area contributed by atoms with Crippen molar-refractivity contribution in [2.45, 2.75) is 72.4 Å². The van der Waals surface area contributed by atoms with E-state index in [1.54, 1.807) is 0 Å². The number of aryl methyl sites for hydroxylation is 2. The van der Waals surface area contributed by atoms with E-state index in [4.69, 9.17) is 17.3 Å². The predicted octanol–water partition coefficient (Wildman–Crippen LogP) is 3.95. The van der Waals surface area contributed by atoms with Gasteiger partial charge in [-0.2, -0.15) is 5.10 Å². The second-order valence-corrected chi connectivity index (χ2v) is 7.25. The molecular formula is C16H28ClN3. The molecule has 0 aromatic carbocycles. The van der Waals surface area contributed by atoms with Crippen molar-refractivity contribution < 1.29 is 0 Å². The minimum absolute atomic E-state index is 0.171. The van der Waals surface area contributed by atoms with Crippen molar-refractivity contribution in [2.75, 3.05) is 0 Å². The van der Waals surface area contributed by atoms with Crippen LogP contribution in [0, 0.1) is 18.3 Å². The fraction of sp³-hybridized carbons (Fsp3) is 0.812. The smallest absolute Gasteiger partial charge is 0.0847 e. The van der Waals surface area contributed by atoms with E-state index in [1.165, 1.54) is 25.7 Å². The summed E-state index contributed by atoms with van der Waals surface area (Å²) >= 11 is 6.41. The Labute approximate surface area is 127 Å². The summed E-state index contributed by atoms with van der Waals surface area (Å²) in [5.74, 6) is 0.577. The molecule has 1 fully saturated rings. The van der Waals surface area contributed by atoms with Crippen molar-refractivity contribution in [1.29, 1.82) is 0 Å². The Balaban J connectivity index is 2.17. The molecule has 1 aromatic heterocycles. The number of rotatable bonds is 4. The average molecular weight is 298 g/mol. The van der Waals surface area contributed by atoms with Crippen LogP contribution >= 0.6 is 11.6 Å². The van der Waals surface area contributed by atoms with Gasteiger partial charge in [0.2, 0.25) is 0 Å². The zero-order chi connectivity index (χ0) is 14.9. The van der Waals surface area contributed by atoms with Gasteiger partial charge >= 0.3 is 0 Å². The van der Waals surface area contributed by atoms with E-state index in [9.17, 15) is 0 Å². The first kappa shape index (κ1) is 15.8. The van der Waals surface area contributed by atoms with E-state index >= 15 is 0 Å². The molecule has 4 heteroatoms. The molecule has 2 atom stereocenters. The molecule has 1 saturated carbocycles. The molecule has 3 nitrogen and oxygen atoms in total. The fourth-order valence-corrected chi connectivity index (χ4v) is 3.96. The standard InChI is InChI=1S/C16H28ClN3/c1-5-20-14(15(17)11(2)19-20)10-13(18)12-8-6-7-9-16(12,3)4/h12-13H,5-10,18H2,1-4H3. The SMILES string of the molecule is CCn1nc(C)c(Cl)c1CC(N)C1CCCCC1(C)C. The van der Waals surface area contributed by atoms with Crippen LogP contribution < -0.4 is 5.73 Å². The Morgan fingerprint density at radius 1 is 1.45 bits per heavy atom. The predicted molar refractivity (Wildman–Crippen MR) is 85.1 cm³/mol. The van der Waals surface area contributed by atoms with Crippen molar-refractivity contribution in [2.24, 2.45) is 17.1 Å². The molecule has 2 N–H and O–H groups in total. The summed E-state index contributed by atoms with van der Waals surface area (Å²) in [5.41, 5.74) is 8.93. The summed E-state index contributed by atoms with van der Waals surface area (Å²) in [4.78, 5) is 0. The van der Waals surface area contributed by atoms with Gasteiger partial charge in [-0.15, -0.1) is 0 Å². The van der Waals surface area contributed by atoms with E-state index in [0.717, 1.165) is 29.4 Å². The highest BCUT2D eigenvalue weighted by molar-refractivity contribution is 6.31. The topological polar surface area (TPSA) is 43.8 Å². The summed E-state index contributed by atoms with van der Waals surface area (Å²) in [6, 6.07) is 0.171. The van der Waals surface area contributed by atoms with Gasteiger partial charge in [-0.25, -0.2) is 0 Å². The first-order valence-corrected chi connectivity index (χ1v) is 8.22. The van der Waals surface area contributed by atoms with E-state index in [1.807, 2.05) is 11.6 Å². The lowest BCUT2D eigenvalue weighted by Gasteiger charge is -2.42. The molecule has 0 saturated heterocycles. The van der Waals surface area contributed by atoms with Gasteiger partial charge in [0.15, 0.2) is 0 Å². The van der Waals surface area contributed by atoms with Crippen LogP contribution in [-0.4, -0.2) is 15.8 Å². The zero-order valence-electron chi connectivity index (χ0n) is 13.2. The van der Waals surface area contributed by atoms with Gasteiger partial charge in [0.25, 0.3) is 0 Å². The average Bonchev–Trinajstić information content (AvgIpc) is 2.65. The molecule has 1 aromatic rings. The van der Waals surface area contributed by atoms with Gasteiger partial charge in [0, 0.05) is 19.0 Å². The molecule has 0 radical (unpaired) electrons. The van der Waals surface area contributed by atoms with Crippen LogP contribution in [0.5, 0.6) is 0 Å². The third-order valence-electron chi connectivity index (χ3n) is 4.99. The second-order valence-electron chi connectivity index (χ2n) is 6.87. The van der Waals surface area contributed by atoms with Crippen LogP contribution in [0.25, 0.3) is 0 Å². The molecule has 0 spiro atoms. The maximum absolute atomic E-state index is 6.56. The number of nitrogens with zero attached hydrogens (tertiary/aromatic N) is 2. The van der Waals surface area contributed by atoms with Crippen LogP contribution in [0.2, 0.25) is 5.02 Å². The van der Waals surface area contributed by atoms with Crippen LogP contribution in [0.3, 0.4) is 0 Å². The fourth-order valence-electron chi connectivity index (χ4n) is 3.74. The van der Waals surface area contributed by atoms with Crippen molar-refractivity contribution in [3.63, 3.8) is 0 Å². The largest absolute Gasteiger partial charge is 0.327 e. The van der Waals surface area contributed by atoms with Crippen LogP contribution in [-0.2, 0) is 13.0 Å². The zero-order valence-corrected chi connectivity index (χ0v) is 14.0. The summed E-state index contributed by atoms with van der Waals surface area (Å²) in [5, 5.41) is 5.29. The molecule has 1 aliphatic carbocycles. The van der Waals surface area contributed by atoms with E-state index in [2.05, 4.69) is 25.9 Å². The highest BCUT2D eigenvalue weighted by Crippen LogP contribution is 2.42. The van der Waals surface area contributed by atoms with Gasteiger partial charge in [0.1, 0.15) is 0 Å². The van der Waals surface area contributed by atoms with Crippen LogP contribution in [0.15, 0.2) is 0 Å². The molecule has 0 bridgehead atoms. The number of halogens is 1. The molecule has 20 heavy (non-hydrogen) atoms. The monoisotopic (exact) mass is 297 g/mol. The third-order valence-corrected chi connectivity index (χ3v) is 5.48. The Kier molecular flexibility index (Phi) is 4.80. The Bertz CT molecular complexity index is 465. The van der Waals surface area contributed by atoms with Crippen LogP contribution in [0.4, 0.5) is 0 Å². The number of hydrogen-bond donors (Lipinski definition) is 1. The lowest BCUT2D eigenvalue weighted by molar-refractivity contribution is 0.112. The third kappa shape index (κ3) is 3.04. The first-order valence-electron chi connectivity index (χ1n) is 7.84. The van der Waals surface area contributed by atoms with E-state index in [0.29, 0.717) is 11.3 Å². The molecule has 2 rings (SSSR count). The van der Waals surface area contributed by atoms with Gasteiger partial charge in [-0.1, -0.05) is 38.3 Å². The van der Waals surface area contributed by atoms with Crippen LogP contribution in [0.1, 0.15) is 57.8 Å². The van der Waals surface area contributed by atoms with Crippen molar-refractivity contribution >= 4 is 11.6 Å². The highest BCUT2D eigenvalue weighted by Gasteiger charge is 2.36. The van der Waals surface area contributed by atoms with Crippen molar-refractivity contribution in [1.82, 2.24) is 9.78 Å². The quantitative estimate of drug-likeness (QED) is 0.914. The van der Waals surface area contributed by atoms with E-state index in [-0.39, 0.29) is 6.04 Å². The van der Waals surface area contributed by atoms with E-state index < -0.39 is 0 Å². The summed E-state index contributed by atoms with van der Waals surface area (Å²) in [6.07, 6.45) is 6.00. The molecule has 1 aliphatic rings. The minimum Gasteiger partial charge on any atom is -0.327 e. The normalized spacial score (nSPS) is 23.8. The summed E-state index contributed by atoms with van der Waals surface area (Å²) in [6.45, 7) is 9.64. The molecular weight excluding hydrogens is 270 g/mol. The Morgan fingerprint density at radius 3 is 2.75 bits per heavy atom. The molecule has 0 aliphatic heterocycles. The highest BCUT2D eigenvalue weighted by atomic mass is 35.5. The molecule has 0 amide bonds. The minimum atomic E-state index is 0.171. The van der Waals surface area contributed by atoms with Gasteiger partial charge < -0.3 is 5.73 Å². The van der Waals surface area contributed by atoms with Gasteiger partial charge in [-0.3, -0.25) is 4.68 Å². The first-order chi connectivity index (χ1) is 9.36. The van der Waals surface area contributed by atoms with Gasteiger partial charge in [-0.05, 0) is 38.0 Å². The Hall–Kier alpha value is -0.540. The lowest BCUT2D eigenvalue weighted by Crippen LogP contribution is -2.43. The summed E-state index contributed by atoms with van der Waals surface area (Å²) in [7, 11) is 0. The number of aromatic nitrogens is 2. The molecule has 1 heterocycles. The molecule has 2 unspecified atom stereocenters. The maximum Gasteiger partial charge on any atom is 0.0847 e. The van der Waals surface area contributed by atoms with Gasteiger partial charge in [0.05, 0.1) is 16.4 Å². The van der Waals surface area contributed by atoms with Crippen molar-refractivity contribution in [3.05, 3.63) is 16.4 Å². The molecule has 114 valence electrons. The lowest BCUT2D eigenvalue weighted by atomic mass is 9.65. The second kappa shape index (κ2) is 6.07. The number of hydrogen-bond acceptors (Lipinski definition) is 2.